The molecule has 88 valence electrons. The Balaban J connectivity index is 2.66. The minimum atomic E-state index is -0.847. The van der Waals surface area contributed by atoms with E-state index in [4.69, 9.17) is 10.8 Å². The maximum absolute atomic E-state index is 11.2. The lowest BCUT2D eigenvalue weighted by atomic mass is 10.3. The van der Waals surface area contributed by atoms with Crippen LogP contribution in [0.4, 0.5) is 11.5 Å². The summed E-state index contributed by atoms with van der Waals surface area (Å²) in [6, 6.07) is 0. The number of nitrogen functional groups attached to an aromatic ring is 1. The van der Waals surface area contributed by atoms with Crippen molar-refractivity contribution in [1.29, 1.82) is 0 Å². The number of carboxylic acid groups (broad SMARTS) is 1. The minimum absolute atomic E-state index is 0.0420. The molecule has 0 atom stereocenters. The number of hydrogen-bond acceptors (Lipinski definition) is 5. The molecule has 1 aromatic rings. The van der Waals surface area contributed by atoms with Gasteiger partial charge in [0.15, 0.2) is 5.82 Å². The van der Waals surface area contributed by atoms with Gasteiger partial charge in [-0.3, -0.25) is 9.59 Å². The fourth-order valence-electron chi connectivity index (χ4n) is 1.28. The summed E-state index contributed by atoms with van der Waals surface area (Å²) in [5.41, 5.74) is 5.20. The SMILES string of the molecule is CN(CCCC(=O)O)c1nc[nH]c(=O)c1N. The van der Waals surface area contributed by atoms with Gasteiger partial charge in [-0.1, -0.05) is 0 Å². The zero-order valence-electron chi connectivity index (χ0n) is 8.93. The van der Waals surface area contributed by atoms with Crippen molar-refractivity contribution >= 4 is 17.5 Å². The molecule has 0 unspecified atom stereocenters. The number of carboxylic acids is 1. The van der Waals surface area contributed by atoms with Gasteiger partial charge in [-0.2, -0.15) is 0 Å². The van der Waals surface area contributed by atoms with Gasteiger partial charge < -0.3 is 20.7 Å². The van der Waals surface area contributed by atoms with Gasteiger partial charge in [0.25, 0.3) is 5.56 Å². The fraction of sp³-hybridized carbons (Fsp3) is 0.444. The Morgan fingerprint density at radius 2 is 2.38 bits per heavy atom. The zero-order chi connectivity index (χ0) is 12.1. The van der Waals surface area contributed by atoms with Crippen LogP contribution >= 0.6 is 0 Å². The van der Waals surface area contributed by atoms with E-state index in [2.05, 4.69) is 9.97 Å². The zero-order valence-corrected chi connectivity index (χ0v) is 8.93. The summed E-state index contributed by atoms with van der Waals surface area (Å²) in [6.07, 6.45) is 1.81. The Labute approximate surface area is 91.9 Å². The molecule has 7 heteroatoms. The summed E-state index contributed by atoms with van der Waals surface area (Å²) < 4.78 is 0. The van der Waals surface area contributed by atoms with Crippen molar-refractivity contribution in [2.45, 2.75) is 12.8 Å². The van der Waals surface area contributed by atoms with Gasteiger partial charge in [0.1, 0.15) is 5.69 Å². The molecule has 0 saturated carbocycles. The quantitative estimate of drug-likeness (QED) is 0.632. The third-order valence-electron chi connectivity index (χ3n) is 2.11. The standard InChI is InChI=1S/C9H14N4O3/c1-13(4-2-3-6(14)15)8-7(10)9(16)12-5-11-8/h5H,2-4,10H2,1H3,(H,14,15)(H,11,12,16). The number of carbonyl (C=O) groups is 1. The van der Waals surface area contributed by atoms with Gasteiger partial charge in [0, 0.05) is 20.0 Å². The predicted octanol–water partition coefficient (Wildman–Crippen LogP) is -0.347. The van der Waals surface area contributed by atoms with E-state index in [1.807, 2.05) is 0 Å². The molecule has 0 aliphatic heterocycles. The van der Waals surface area contributed by atoms with Crippen LogP contribution in [0.25, 0.3) is 0 Å². The molecule has 1 rings (SSSR count). The van der Waals surface area contributed by atoms with E-state index in [1.54, 1.807) is 11.9 Å². The normalized spacial score (nSPS) is 10.1. The van der Waals surface area contributed by atoms with Gasteiger partial charge in [-0.25, -0.2) is 4.98 Å². The molecule has 0 fully saturated rings. The smallest absolute Gasteiger partial charge is 0.303 e. The summed E-state index contributed by atoms with van der Waals surface area (Å²) >= 11 is 0. The molecular weight excluding hydrogens is 212 g/mol. The highest BCUT2D eigenvalue weighted by atomic mass is 16.4. The van der Waals surface area contributed by atoms with Gasteiger partial charge in [0.05, 0.1) is 6.33 Å². The average molecular weight is 226 g/mol. The number of H-pyrrole nitrogens is 1. The molecule has 4 N–H and O–H groups in total. The number of anilines is 2. The summed E-state index contributed by atoms with van der Waals surface area (Å²) in [4.78, 5) is 29.5. The number of nitrogens with two attached hydrogens (primary N) is 1. The fourth-order valence-corrected chi connectivity index (χ4v) is 1.28. The summed E-state index contributed by atoms with van der Waals surface area (Å²) in [5, 5.41) is 8.48. The molecule has 0 spiro atoms. The van der Waals surface area contributed by atoms with Crippen molar-refractivity contribution in [3.63, 3.8) is 0 Å². The predicted molar refractivity (Wildman–Crippen MR) is 59.4 cm³/mol. The number of nitrogens with zero attached hydrogens (tertiary/aromatic N) is 2. The molecule has 7 nitrogen and oxygen atoms in total. The van der Waals surface area contributed by atoms with Crippen molar-refractivity contribution in [2.75, 3.05) is 24.2 Å². The number of rotatable bonds is 5. The van der Waals surface area contributed by atoms with Crippen LogP contribution in [-0.4, -0.2) is 34.6 Å². The van der Waals surface area contributed by atoms with Crippen LogP contribution in [-0.2, 0) is 4.79 Å². The molecule has 0 saturated heterocycles. The van der Waals surface area contributed by atoms with Crippen LogP contribution in [0.1, 0.15) is 12.8 Å². The number of aromatic amines is 1. The first-order chi connectivity index (χ1) is 7.52. The topological polar surface area (TPSA) is 112 Å². The van der Waals surface area contributed by atoms with E-state index in [0.717, 1.165) is 0 Å². The molecule has 0 aromatic carbocycles. The molecule has 0 radical (unpaired) electrons. The van der Waals surface area contributed by atoms with Crippen molar-refractivity contribution in [1.82, 2.24) is 9.97 Å². The van der Waals surface area contributed by atoms with E-state index in [-0.39, 0.29) is 12.1 Å². The maximum atomic E-state index is 11.2. The highest BCUT2D eigenvalue weighted by Gasteiger charge is 2.09. The Bertz CT molecular complexity index is 429. The van der Waals surface area contributed by atoms with Crippen LogP contribution < -0.4 is 16.2 Å². The third kappa shape index (κ3) is 2.97. The highest BCUT2D eigenvalue weighted by Crippen LogP contribution is 2.13. The van der Waals surface area contributed by atoms with Crippen LogP contribution in [0.3, 0.4) is 0 Å². The lowest BCUT2D eigenvalue weighted by Gasteiger charge is -2.18. The lowest BCUT2D eigenvalue weighted by molar-refractivity contribution is -0.137. The second kappa shape index (κ2) is 5.15. The summed E-state index contributed by atoms with van der Waals surface area (Å²) in [7, 11) is 1.71. The van der Waals surface area contributed by atoms with Crippen molar-refractivity contribution in [3.8, 4) is 0 Å². The molecule has 0 aliphatic carbocycles. The van der Waals surface area contributed by atoms with Gasteiger partial charge >= 0.3 is 5.97 Å². The molecule has 1 aromatic heterocycles. The molecule has 16 heavy (non-hydrogen) atoms. The highest BCUT2D eigenvalue weighted by molar-refractivity contribution is 5.66. The summed E-state index contributed by atoms with van der Waals surface area (Å²) in [5.74, 6) is -0.477. The third-order valence-corrected chi connectivity index (χ3v) is 2.11. The Hall–Kier alpha value is -2.05. The van der Waals surface area contributed by atoms with E-state index < -0.39 is 11.5 Å². The molecular formula is C9H14N4O3. The van der Waals surface area contributed by atoms with Crippen LogP contribution in [0.2, 0.25) is 0 Å². The molecule has 0 amide bonds. The van der Waals surface area contributed by atoms with E-state index >= 15 is 0 Å². The number of hydrogen-bond donors (Lipinski definition) is 3. The van der Waals surface area contributed by atoms with Gasteiger partial charge in [-0.15, -0.1) is 0 Å². The lowest BCUT2D eigenvalue weighted by Crippen LogP contribution is -2.25. The van der Waals surface area contributed by atoms with Gasteiger partial charge in [0.2, 0.25) is 0 Å². The summed E-state index contributed by atoms with van der Waals surface area (Å²) in [6.45, 7) is 0.479. The molecule has 0 bridgehead atoms. The number of nitrogens with one attached hydrogen (secondary N) is 1. The Morgan fingerprint density at radius 1 is 1.69 bits per heavy atom. The Morgan fingerprint density at radius 3 is 3.00 bits per heavy atom. The average Bonchev–Trinajstić information content (AvgIpc) is 2.21. The number of aromatic nitrogens is 2. The van der Waals surface area contributed by atoms with Gasteiger partial charge in [-0.05, 0) is 6.42 Å². The first-order valence-electron chi connectivity index (χ1n) is 4.78. The second-order valence-corrected chi connectivity index (χ2v) is 3.39. The van der Waals surface area contributed by atoms with Crippen molar-refractivity contribution in [3.05, 3.63) is 16.7 Å². The molecule has 1 heterocycles. The van der Waals surface area contributed by atoms with Crippen molar-refractivity contribution < 1.29 is 9.90 Å². The van der Waals surface area contributed by atoms with Crippen molar-refractivity contribution in [2.24, 2.45) is 0 Å². The first-order valence-corrected chi connectivity index (χ1v) is 4.78. The van der Waals surface area contributed by atoms with E-state index in [0.29, 0.717) is 18.8 Å². The van der Waals surface area contributed by atoms with Crippen LogP contribution in [0.5, 0.6) is 0 Å². The Kier molecular flexibility index (Phi) is 3.87. The van der Waals surface area contributed by atoms with E-state index in [1.165, 1.54) is 6.33 Å². The second-order valence-electron chi connectivity index (χ2n) is 3.39. The van der Waals surface area contributed by atoms with Crippen LogP contribution in [0, 0.1) is 0 Å². The van der Waals surface area contributed by atoms with E-state index in [9.17, 15) is 9.59 Å². The molecule has 0 aliphatic rings. The largest absolute Gasteiger partial charge is 0.481 e. The maximum Gasteiger partial charge on any atom is 0.303 e. The van der Waals surface area contributed by atoms with Crippen LogP contribution in [0.15, 0.2) is 11.1 Å². The number of aliphatic carboxylic acids is 1. The first kappa shape index (κ1) is 12.0. The minimum Gasteiger partial charge on any atom is -0.481 e. The monoisotopic (exact) mass is 226 g/mol.